The Hall–Kier alpha value is -0.610. The van der Waals surface area contributed by atoms with Crippen molar-refractivity contribution in [3.05, 3.63) is 0 Å². The zero-order chi connectivity index (χ0) is 11.4. The third-order valence-electron chi connectivity index (χ3n) is 2.11. The fourth-order valence-corrected chi connectivity index (χ4v) is 1.10. The van der Waals surface area contributed by atoms with E-state index in [-0.39, 0.29) is 5.92 Å². The minimum Gasteiger partial charge on any atom is -0.481 e. The van der Waals surface area contributed by atoms with Crippen molar-refractivity contribution in [2.45, 2.75) is 32.8 Å². The van der Waals surface area contributed by atoms with Crippen molar-refractivity contribution in [3.63, 3.8) is 0 Å². The van der Waals surface area contributed by atoms with Gasteiger partial charge in [-0.2, -0.15) is 0 Å². The van der Waals surface area contributed by atoms with Crippen molar-refractivity contribution in [2.75, 3.05) is 20.1 Å². The molecule has 4 nitrogen and oxygen atoms in total. The Morgan fingerprint density at radius 3 is 2.36 bits per heavy atom. The van der Waals surface area contributed by atoms with Crippen molar-refractivity contribution in [1.82, 2.24) is 4.90 Å². The van der Waals surface area contributed by atoms with Gasteiger partial charge in [0.1, 0.15) is 0 Å². The summed E-state index contributed by atoms with van der Waals surface area (Å²) in [4.78, 5) is 12.5. The molecule has 0 spiro atoms. The lowest BCUT2D eigenvalue weighted by Gasteiger charge is -2.23. The summed E-state index contributed by atoms with van der Waals surface area (Å²) in [5.74, 6) is -1.14. The molecule has 0 aromatic carbocycles. The SMILES string of the molecule is CC(CN(C)CCC(C)(C)O)C(=O)O. The van der Waals surface area contributed by atoms with Gasteiger partial charge in [-0.1, -0.05) is 6.92 Å². The Balaban J connectivity index is 3.76. The smallest absolute Gasteiger partial charge is 0.307 e. The standard InChI is InChI=1S/C10H21NO3/c1-8(9(12)13)7-11(4)6-5-10(2,3)14/h8,14H,5-7H2,1-4H3,(H,12,13). The molecule has 0 heterocycles. The summed E-state index contributed by atoms with van der Waals surface area (Å²) in [6.07, 6.45) is 0.649. The molecule has 0 rings (SSSR count). The molecule has 0 saturated heterocycles. The largest absolute Gasteiger partial charge is 0.481 e. The van der Waals surface area contributed by atoms with Gasteiger partial charge in [0, 0.05) is 13.1 Å². The Kier molecular flexibility index (Phi) is 5.08. The van der Waals surface area contributed by atoms with Crippen molar-refractivity contribution >= 4 is 5.97 Å². The number of carbonyl (C=O) groups is 1. The topological polar surface area (TPSA) is 60.8 Å². The molecular weight excluding hydrogens is 182 g/mol. The van der Waals surface area contributed by atoms with Crippen molar-refractivity contribution < 1.29 is 15.0 Å². The van der Waals surface area contributed by atoms with E-state index in [0.717, 1.165) is 0 Å². The van der Waals surface area contributed by atoms with E-state index in [1.54, 1.807) is 20.8 Å². The summed E-state index contributed by atoms with van der Waals surface area (Å²) >= 11 is 0. The van der Waals surface area contributed by atoms with Gasteiger partial charge in [0.15, 0.2) is 0 Å². The quantitative estimate of drug-likeness (QED) is 0.670. The van der Waals surface area contributed by atoms with Crippen molar-refractivity contribution in [2.24, 2.45) is 5.92 Å². The van der Waals surface area contributed by atoms with Gasteiger partial charge in [-0.3, -0.25) is 4.79 Å². The van der Waals surface area contributed by atoms with Gasteiger partial charge in [0.2, 0.25) is 0 Å². The lowest BCUT2D eigenvalue weighted by atomic mass is 10.1. The van der Waals surface area contributed by atoms with Crippen molar-refractivity contribution in [1.29, 1.82) is 0 Å². The molecule has 0 fully saturated rings. The summed E-state index contributed by atoms with van der Waals surface area (Å²) in [5.41, 5.74) is -0.680. The van der Waals surface area contributed by atoms with Crippen LogP contribution in [0.15, 0.2) is 0 Å². The molecule has 1 atom stereocenters. The lowest BCUT2D eigenvalue weighted by Crippen LogP contribution is -2.33. The zero-order valence-electron chi connectivity index (χ0n) is 9.45. The fourth-order valence-electron chi connectivity index (χ4n) is 1.10. The van der Waals surface area contributed by atoms with E-state index < -0.39 is 11.6 Å². The van der Waals surface area contributed by atoms with Crippen LogP contribution in [0.4, 0.5) is 0 Å². The van der Waals surface area contributed by atoms with E-state index in [1.165, 1.54) is 0 Å². The first kappa shape index (κ1) is 13.4. The average molecular weight is 203 g/mol. The molecule has 0 bridgehead atoms. The number of carboxylic acids is 1. The van der Waals surface area contributed by atoms with E-state index in [9.17, 15) is 9.90 Å². The average Bonchev–Trinajstić information content (AvgIpc) is 1.99. The van der Waals surface area contributed by atoms with E-state index in [2.05, 4.69) is 0 Å². The van der Waals surface area contributed by atoms with Crippen LogP contribution in [0.25, 0.3) is 0 Å². The predicted molar refractivity (Wildman–Crippen MR) is 55.2 cm³/mol. The Morgan fingerprint density at radius 2 is 2.00 bits per heavy atom. The molecule has 0 aliphatic heterocycles. The second kappa shape index (κ2) is 5.32. The molecule has 0 amide bonds. The number of aliphatic hydroxyl groups is 1. The molecule has 0 aromatic heterocycles. The summed E-state index contributed by atoms with van der Waals surface area (Å²) in [6, 6.07) is 0. The number of aliphatic carboxylic acids is 1. The Bertz CT molecular complexity index is 186. The number of carboxylic acid groups (broad SMARTS) is 1. The maximum Gasteiger partial charge on any atom is 0.307 e. The molecule has 0 aromatic rings. The predicted octanol–water partition coefficient (Wildman–Crippen LogP) is 0.800. The molecule has 0 aliphatic rings. The van der Waals surface area contributed by atoms with Crippen LogP contribution in [0.1, 0.15) is 27.2 Å². The molecule has 0 aliphatic carbocycles. The highest BCUT2D eigenvalue weighted by Gasteiger charge is 2.16. The third-order valence-corrected chi connectivity index (χ3v) is 2.11. The fraction of sp³-hybridized carbons (Fsp3) is 0.900. The molecule has 0 radical (unpaired) electrons. The molecular formula is C10H21NO3. The van der Waals surface area contributed by atoms with Gasteiger partial charge in [-0.15, -0.1) is 0 Å². The number of rotatable bonds is 6. The van der Waals surface area contributed by atoms with Crippen LogP contribution in [0.3, 0.4) is 0 Å². The lowest BCUT2D eigenvalue weighted by molar-refractivity contribution is -0.141. The number of hydrogen-bond acceptors (Lipinski definition) is 3. The van der Waals surface area contributed by atoms with Crippen LogP contribution in [0.2, 0.25) is 0 Å². The monoisotopic (exact) mass is 203 g/mol. The second-order valence-electron chi connectivity index (χ2n) is 4.56. The first-order valence-corrected chi connectivity index (χ1v) is 4.86. The summed E-state index contributed by atoms with van der Waals surface area (Å²) < 4.78 is 0. The van der Waals surface area contributed by atoms with Gasteiger partial charge >= 0.3 is 5.97 Å². The van der Waals surface area contributed by atoms with E-state index in [4.69, 9.17) is 5.11 Å². The van der Waals surface area contributed by atoms with Gasteiger partial charge in [-0.05, 0) is 27.3 Å². The summed E-state index contributed by atoms with van der Waals surface area (Å²) in [7, 11) is 1.87. The van der Waals surface area contributed by atoms with Crippen LogP contribution in [0.5, 0.6) is 0 Å². The minimum absolute atomic E-state index is 0.359. The maximum absolute atomic E-state index is 10.6. The molecule has 84 valence electrons. The van der Waals surface area contributed by atoms with Gasteiger partial charge < -0.3 is 15.1 Å². The molecule has 14 heavy (non-hydrogen) atoms. The van der Waals surface area contributed by atoms with Crippen molar-refractivity contribution in [3.8, 4) is 0 Å². The summed E-state index contributed by atoms with van der Waals surface area (Å²) in [5, 5.41) is 18.1. The Labute approximate surface area is 85.5 Å². The highest BCUT2D eigenvalue weighted by Crippen LogP contribution is 2.08. The Morgan fingerprint density at radius 1 is 1.50 bits per heavy atom. The zero-order valence-corrected chi connectivity index (χ0v) is 9.45. The number of nitrogens with zero attached hydrogens (tertiary/aromatic N) is 1. The van der Waals surface area contributed by atoms with E-state index in [0.29, 0.717) is 19.5 Å². The molecule has 4 heteroatoms. The first-order chi connectivity index (χ1) is 6.22. The molecule has 2 N–H and O–H groups in total. The third kappa shape index (κ3) is 6.86. The molecule has 0 saturated carbocycles. The maximum atomic E-state index is 10.6. The normalized spacial score (nSPS) is 14.4. The highest BCUT2D eigenvalue weighted by molar-refractivity contribution is 5.69. The van der Waals surface area contributed by atoms with Gasteiger partial charge in [0.05, 0.1) is 11.5 Å². The van der Waals surface area contributed by atoms with E-state index in [1.807, 2.05) is 11.9 Å². The van der Waals surface area contributed by atoms with E-state index >= 15 is 0 Å². The molecule has 1 unspecified atom stereocenters. The first-order valence-electron chi connectivity index (χ1n) is 4.86. The van der Waals surface area contributed by atoms with Crippen LogP contribution in [-0.4, -0.2) is 46.8 Å². The minimum atomic E-state index is -0.778. The second-order valence-corrected chi connectivity index (χ2v) is 4.56. The van der Waals surface area contributed by atoms with Gasteiger partial charge in [0.25, 0.3) is 0 Å². The number of hydrogen-bond donors (Lipinski definition) is 2. The van der Waals surface area contributed by atoms with Gasteiger partial charge in [-0.25, -0.2) is 0 Å². The van der Waals surface area contributed by atoms with Crippen LogP contribution in [0, 0.1) is 5.92 Å². The van der Waals surface area contributed by atoms with Crippen LogP contribution in [-0.2, 0) is 4.79 Å². The van der Waals surface area contributed by atoms with Crippen LogP contribution < -0.4 is 0 Å². The highest BCUT2D eigenvalue weighted by atomic mass is 16.4. The summed E-state index contributed by atoms with van der Waals surface area (Å²) in [6.45, 7) is 6.42. The van der Waals surface area contributed by atoms with Crippen LogP contribution >= 0.6 is 0 Å².